The van der Waals surface area contributed by atoms with Gasteiger partial charge in [-0.25, -0.2) is 0 Å². The number of furan rings is 1. The number of hydrogen-bond donors (Lipinski definition) is 6. The summed E-state index contributed by atoms with van der Waals surface area (Å²) in [5.74, 6) is -8.69. The van der Waals surface area contributed by atoms with Crippen molar-refractivity contribution in [2.24, 2.45) is 17.6 Å². The Labute approximate surface area is 214 Å². The van der Waals surface area contributed by atoms with Crippen molar-refractivity contribution in [1.29, 1.82) is 0 Å². The molecule has 1 heterocycles. The van der Waals surface area contributed by atoms with E-state index >= 15 is 0 Å². The summed E-state index contributed by atoms with van der Waals surface area (Å²) in [5.41, 5.74) is 2.26. The number of carbonyl (C=O) groups excluding carboxylic acids is 3. The molecule has 0 aliphatic heterocycles. The molecule has 0 bridgehead atoms. The molecule has 194 valence electrons. The van der Waals surface area contributed by atoms with Crippen LogP contribution >= 0.6 is 0 Å². The normalized spacial score (nSPS) is 28.8. The van der Waals surface area contributed by atoms with Crippen molar-refractivity contribution in [2.45, 2.75) is 31.0 Å². The first-order valence-electron chi connectivity index (χ1n) is 12.0. The summed E-state index contributed by atoms with van der Waals surface area (Å²) in [6, 6.07) is 12.0. The predicted molar refractivity (Wildman–Crippen MR) is 132 cm³/mol. The van der Waals surface area contributed by atoms with Crippen LogP contribution in [0, 0.1) is 11.8 Å². The Balaban J connectivity index is 1.59. The van der Waals surface area contributed by atoms with Gasteiger partial charge < -0.3 is 35.7 Å². The number of Topliss-reactive ketones (excluding diaryl/α,β-unsaturated/α-hetero) is 2. The van der Waals surface area contributed by atoms with E-state index in [1.807, 2.05) is 18.2 Å². The molecule has 3 aliphatic rings. The smallest absolute Gasteiger partial charge is 0.255 e. The van der Waals surface area contributed by atoms with Crippen LogP contribution in [0.25, 0.3) is 22.3 Å². The molecule has 0 fully saturated rings. The molecule has 10 heteroatoms. The number of aliphatic hydroxyl groups is 4. The minimum absolute atomic E-state index is 0.167. The van der Waals surface area contributed by atoms with Crippen molar-refractivity contribution >= 4 is 28.4 Å². The molecule has 0 saturated heterocycles. The molecule has 3 aromatic rings. The average molecular weight is 517 g/mol. The number of fused-ring (bicyclic) bond motifs is 4. The largest absolute Gasteiger partial charge is 0.511 e. The van der Waals surface area contributed by atoms with E-state index in [4.69, 9.17) is 10.2 Å². The second-order valence-electron chi connectivity index (χ2n) is 10.1. The van der Waals surface area contributed by atoms with E-state index in [-0.39, 0.29) is 5.56 Å². The number of amides is 1. The molecule has 1 aromatic heterocycles. The van der Waals surface area contributed by atoms with Crippen molar-refractivity contribution in [3.8, 4) is 17.1 Å². The predicted octanol–water partition coefficient (Wildman–Crippen LogP) is 2.53. The van der Waals surface area contributed by atoms with E-state index in [0.717, 1.165) is 5.39 Å². The number of allylic oxidation sites excluding steroid dienone is 1. The van der Waals surface area contributed by atoms with E-state index in [2.05, 4.69) is 0 Å². The summed E-state index contributed by atoms with van der Waals surface area (Å²) in [4.78, 5) is 38.8. The van der Waals surface area contributed by atoms with Crippen molar-refractivity contribution < 1.29 is 44.3 Å². The summed E-state index contributed by atoms with van der Waals surface area (Å²) in [6.45, 7) is 1.68. The molecular weight excluding hydrogens is 494 g/mol. The van der Waals surface area contributed by atoms with Crippen LogP contribution in [0.3, 0.4) is 0 Å². The van der Waals surface area contributed by atoms with E-state index in [9.17, 15) is 39.9 Å². The highest BCUT2D eigenvalue weighted by Crippen LogP contribution is 2.56. The topological polar surface area (TPSA) is 192 Å². The summed E-state index contributed by atoms with van der Waals surface area (Å²) in [7, 11) is 0. The van der Waals surface area contributed by atoms with Crippen LogP contribution in [0.1, 0.15) is 35.2 Å². The maximum Gasteiger partial charge on any atom is 0.255 e. The number of aromatic hydroxyl groups is 1. The van der Waals surface area contributed by atoms with Gasteiger partial charge in [0.15, 0.2) is 11.4 Å². The third kappa shape index (κ3) is 2.86. The molecule has 38 heavy (non-hydrogen) atoms. The third-order valence-electron chi connectivity index (χ3n) is 8.17. The number of ketones is 2. The summed E-state index contributed by atoms with van der Waals surface area (Å²) >= 11 is 0. The monoisotopic (exact) mass is 517 g/mol. The Morgan fingerprint density at radius 3 is 2.50 bits per heavy atom. The number of phenols is 1. The van der Waals surface area contributed by atoms with Crippen LogP contribution < -0.4 is 5.73 Å². The summed E-state index contributed by atoms with van der Waals surface area (Å²) < 4.78 is 6.01. The Morgan fingerprint density at radius 1 is 1.11 bits per heavy atom. The van der Waals surface area contributed by atoms with Gasteiger partial charge in [0.05, 0.1) is 11.7 Å². The molecule has 6 rings (SSSR count). The lowest BCUT2D eigenvalue weighted by Crippen LogP contribution is -2.62. The Kier molecular flexibility index (Phi) is 4.91. The lowest BCUT2D eigenvalue weighted by atomic mass is 9.56. The standard InChI is InChI=1S/C28H23NO9/c1-10-18-12(17-8-11-4-2-3-5-16(11)38-17)6-7-14(30)20(18)24(33)22-19(10)23(32)13-9-15(31)21(27(29)36)25(34)28(13,37)26(22)35/h2-8,10,13,19,23,30-32,35,37H,9H2,1H3,(H2,29,36)/t10-,13+,19+,23+,28+/m0/s1. The van der Waals surface area contributed by atoms with Crippen LogP contribution in [0.4, 0.5) is 0 Å². The highest BCUT2D eigenvalue weighted by Gasteiger charge is 2.64. The highest BCUT2D eigenvalue weighted by atomic mass is 16.4. The molecule has 0 radical (unpaired) electrons. The van der Waals surface area contributed by atoms with Crippen LogP contribution in [-0.2, 0) is 9.59 Å². The van der Waals surface area contributed by atoms with Gasteiger partial charge in [0, 0.05) is 34.8 Å². The van der Waals surface area contributed by atoms with Gasteiger partial charge in [0.25, 0.3) is 5.91 Å². The molecule has 10 nitrogen and oxygen atoms in total. The first-order chi connectivity index (χ1) is 18.0. The van der Waals surface area contributed by atoms with Crippen molar-refractivity contribution in [2.75, 3.05) is 0 Å². The Hall–Kier alpha value is -4.41. The van der Waals surface area contributed by atoms with E-state index in [1.54, 1.807) is 25.1 Å². The minimum atomic E-state index is -2.87. The van der Waals surface area contributed by atoms with Crippen LogP contribution in [0.5, 0.6) is 5.75 Å². The third-order valence-corrected chi connectivity index (χ3v) is 8.17. The number of primary amides is 1. The maximum absolute atomic E-state index is 13.8. The number of para-hydroxylation sites is 1. The van der Waals surface area contributed by atoms with E-state index in [0.29, 0.717) is 22.5 Å². The lowest BCUT2D eigenvalue weighted by molar-refractivity contribution is -0.154. The zero-order valence-corrected chi connectivity index (χ0v) is 20.0. The lowest BCUT2D eigenvalue weighted by Gasteiger charge is -2.50. The molecule has 3 aliphatic carbocycles. The molecule has 1 amide bonds. The average Bonchev–Trinajstić information content (AvgIpc) is 3.30. The van der Waals surface area contributed by atoms with Crippen LogP contribution in [0.15, 0.2) is 69.5 Å². The molecule has 2 aromatic carbocycles. The fraction of sp³-hybridized carbons (Fsp3) is 0.250. The number of nitrogens with two attached hydrogens (primary N) is 1. The van der Waals surface area contributed by atoms with Crippen molar-refractivity contribution in [1.82, 2.24) is 0 Å². The first kappa shape index (κ1) is 24.0. The van der Waals surface area contributed by atoms with Gasteiger partial charge >= 0.3 is 0 Å². The molecule has 5 atom stereocenters. The Bertz CT molecular complexity index is 1630. The van der Waals surface area contributed by atoms with Gasteiger partial charge in [-0.1, -0.05) is 25.1 Å². The number of phenolic OH excluding ortho intramolecular Hbond substituents is 1. The zero-order valence-electron chi connectivity index (χ0n) is 20.0. The quantitative estimate of drug-likeness (QED) is 0.277. The molecule has 0 saturated carbocycles. The molecule has 7 N–H and O–H groups in total. The van der Waals surface area contributed by atoms with Gasteiger partial charge in [-0.2, -0.15) is 0 Å². The van der Waals surface area contributed by atoms with Crippen LogP contribution in [-0.4, -0.2) is 54.7 Å². The van der Waals surface area contributed by atoms with Crippen molar-refractivity contribution in [3.05, 3.63) is 76.3 Å². The molecular formula is C28H23NO9. The van der Waals surface area contributed by atoms with Crippen molar-refractivity contribution in [3.63, 3.8) is 0 Å². The number of carbonyl (C=O) groups is 3. The number of rotatable bonds is 2. The minimum Gasteiger partial charge on any atom is -0.511 e. The highest BCUT2D eigenvalue weighted by molar-refractivity contribution is 6.24. The molecule has 0 spiro atoms. The zero-order chi connectivity index (χ0) is 27.3. The van der Waals surface area contributed by atoms with Gasteiger partial charge in [0.2, 0.25) is 5.78 Å². The van der Waals surface area contributed by atoms with Gasteiger partial charge in [-0.3, -0.25) is 14.4 Å². The van der Waals surface area contributed by atoms with Gasteiger partial charge in [-0.15, -0.1) is 0 Å². The van der Waals surface area contributed by atoms with E-state index in [1.165, 1.54) is 6.07 Å². The maximum atomic E-state index is 13.8. The summed E-state index contributed by atoms with van der Waals surface area (Å²) in [5, 5.41) is 56.0. The first-order valence-corrected chi connectivity index (χ1v) is 12.0. The number of aliphatic hydroxyl groups excluding tert-OH is 3. The van der Waals surface area contributed by atoms with E-state index < -0.39 is 81.8 Å². The fourth-order valence-corrected chi connectivity index (χ4v) is 6.41. The van der Waals surface area contributed by atoms with Gasteiger partial charge in [-0.05, 0) is 35.7 Å². The summed E-state index contributed by atoms with van der Waals surface area (Å²) in [6.07, 6.45) is -2.15. The second kappa shape index (κ2) is 7.80. The second-order valence-corrected chi connectivity index (χ2v) is 10.1. The van der Waals surface area contributed by atoms with Crippen LogP contribution in [0.2, 0.25) is 0 Å². The Morgan fingerprint density at radius 2 is 1.82 bits per heavy atom. The fourth-order valence-electron chi connectivity index (χ4n) is 6.41. The number of hydrogen-bond acceptors (Lipinski definition) is 9. The SMILES string of the molecule is C[C@H]1c2c(-c3cc4ccccc4o3)ccc(O)c2C(=O)C2=C(O)[C@]3(O)C(=O)C(C(N)=O)=C(O)C[C@@H]3[C@@H](O)[C@@H]21. The molecule has 0 unspecified atom stereocenters. The van der Waals surface area contributed by atoms with Gasteiger partial charge in [0.1, 0.15) is 34.2 Å². The number of benzene rings is 2.